The molecule has 0 bridgehead atoms. The number of benzene rings is 2. The van der Waals surface area contributed by atoms with E-state index in [1.165, 1.54) is 21.1 Å². The topological polar surface area (TPSA) is 15.3 Å². The van der Waals surface area contributed by atoms with Crippen LogP contribution in [0.5, 0.6) is 0 Å². The van der Waals surface area contributed by atoms with Crippen molar-refractivity contribution < 1.29 is 0 Å². The number of hydrogen-bond donors (Lipinski definition) is 1. The maximum Gasteiger partial charge on any atom is 0.0493 e. The van der Waals surface area contributed by atoms with Crippen LogP contribution < -0.4 is 10.2 Å². The molecule has 0 unspecified atom stereocenters. The van der Waals surface area contributed by atoms with Crippen LogP contribution in [0.2, 0.25) is 0 Å². The second-order valence-electron chi connectivity index (χ2n) is 5.61. The third kappa shape index (κ3) is 3.35. The largest absolute Gasteiger partial charge is 0.360 e. The Bertz CT molecular complexity index is 788. The molecular weight excluding hydrogens is 300 g/mol. The first-order chi connectivity index (χ1) is 11.0. The van der Waals surface area contributed by atoms with Crippen molar-refractivity contribution in [2.24, 2.45) is 0 Å². The fourth-order valence-corrected chi connectivity index (χ4v) is 3.52. The number of rotatable bonds is 4. The molecule has 0 atom stereocenters. The van der Waals surface area contributed by atoms with E-state index in [1.807, 2.05) is 6.92 Å². The molecule has 2 nitrogen and oxygen atoms in total. The number of fused-ring (bicyclic) bond motifs is 1. The molecular formula is C20H20N2S. The normalized spacial score (nSPS) is 13.4. The summed E-state index contributed by atoms with van der Waals surface area (Å²) in [6.45, 7) is 9.97. The molecule has 0 amide bonds. The minimum atomic E-state index is 0.939. The van der Waals surface area contributed by atoms with E-state index in [0.717, 1.165) is 17.1 Å². The van der Waals surface area contributed by atoms with E-state index in [2.05, 4.69) is 85.0 Å². The molecule has 3 heteroatoms. The molecule has 0 radical (unpaired) electrons. The van der Waals surface area contributed by atoms with Crippen molar-refractivity contribution in [1.29, 1.82) is 0 Å². The van der Waals surface area contributed by atoms with Gasteiger partial charge in [0.25, 0.3) is 0 Å². The summed E-state index contributed by atoms with van der Waals surface area (Å²) >= 11 is 1.76. The van der Waals surface area contributed by atoms with Gasteiger partial charge in [-0.1, -0.05) is 43.1 Å². The lowest BCUT2D eigenvalue weighted by atomic mass is 10.1. The Morgan fingerprint density at radius 1 is 1.09 bits per heavy atom. The molecule has 0 spiro atoms. The maximum absolute atomic E-state index is 4.15. The zero-order valence-corrected chi connectivity index (χ0v) is 14.3. The number of para-hydroxylation sites is 1. The lowest BCUT2D eigenvalue weighted by Crippen LogP contribution is -2.18. The molecule has 0 fully saturated rings. The van der Waals surface area contributed by atoms with Gasteiger partial charge in [0, 0.05) is 45.2 Å². The van der Waals surface area contributed by atoms with E-state index < -0.39 is 0 Å². The van der Waals surface area contributed by atoms with Crippen LogP contribution in [-0.2, 0) is 0 Å². The number of anilines is 2. The lowest BCUT2D eigenvalue weighted by molar-refractivity contribution is 1.13. The average molecular weight is 320 g/mol. The summed E-state index contributed by atoms with van der Waals surface area (Å²) in [7, 11) is 2.05. The van der Waals surface area contributed by atoms with Crippen LogP contribution >= 0.6 is 11.8 Å². The molecule has 2 aromatic rings. The third-order valence-electron chi connectivity index (χ3n) is 3.70. The molecule has 0 saturated carbocycles. The van der Waals surface area contributed by atoms with Crippen molar-refractivity contribution in [2.75, 3.05) is 17.3 Å². The van der Waals surface area contributed by atoms with Crippen LogP contribution in [-0.4, -0.2) is 7.05 Å². The highest BCUT2D eigenvalue weighted by atomic mass is 32.2. The van der Waals surface area contributed by atoms with Crippen molar-refractivity contribution in [3.63, 3.8) is 0 Å². The zero-order valence-electron chi connectivity index (χ0n) is 13.5. The summed E-state index contributed by atoms with van der Waals surface area (Å²) in [5.41, 5.74) is 5.45. The molecule has 0 aliphatic carbocycles. The first kappa shape index (κ1) is 15.5. The number of thioether (sulfide) groups is 1. The van der Waals surface area contributed by atoms with Crippen LogP contribution in [0, 0.1) is 0 Å². The van der Waals surface area contributed by atoms with E-state index in [0.29, 0.717) is 0 Å². The highest BCUT2D eigenvalue weighted by molar-refractivity contribution is 8.08. The Labute approximate surface area is 142 Å². The van der Waals surface area contributed by atoms with Crippen molar-refractivity contribution in [3.8, 4) is 0 Å². The van der Waals surface area contributed by atoms with Gasteiger partial charge in [0.05, 0.1) is 0 Å². The van der Waals surface area contributed by atoms with Crippen LogP contribution in [0.4, 0.5) is 11.4 Å². The van der Waals surface area contributed by atoms with Gasteiger partial charge < -0.3 is 10.2 Å². The van der Waals surface area contributed by atoms with E-state index in [9.17, 15) is 0 Å². The van der Waals surface area contributed by atoms with Crippen molar-refractivity contribution in [3.05, 3.63) is 84.7 Å². The SMILES string of the molecule is C=C(C)Nc1ccc(SC2=CC(=C)N(C)c3ccccc32)cc1. The van der Waals surface area contributed by atoms with E-state index in [-0.39, 0.29) is 0 Å². The monoisotopic (exact) mass is 320 g/mol. The second kappa shape index (κ2) is 6.39. The molecule has 0 aromatic heterocycles. The molecule has 3 rings (SSSR count). The van der Waals surface area contributed by atoms with Crippen LogP contribution in [0.3, 0.4) is 0 Å². The number of likely N-dealkylation sites (N-methyl/N-ethyl adjacent to an activating group) is 1. The van der Waals surface area contributed by atoms with Gasteiger partial charge >= 0.3 is 0 Å². The lowest BCUT2D eigenvalue weighted by Gasteiger charge is -2.28. The number of allylic oxidation sites excluding steroid dienone is 2. The first-order valence-corrected chi connectivity index (χ1v) is 8.30. The van der Waals surface area contributed by atoms with E-state index in [4.69, 9.17) is 0 Å². The quantitative estimate of drug-likeness (QED) is 0.774. The molecule has 1 N–H and O–H groups in total. The Morgan fingerprint density at radius 2 is 1.78 bits per heavy atom. The Morgan fingerprint density at radius 3 is 2.48 bits per heavy atom. The summed E-state index contributed by atoms with van der Waals surface area (Å²) in [6.07, 6.45) is 2.15. The first-order valence-electron chi connectivity index (χ1n) is 7.49. The Hall–Kier alpha value is -2.39. The van der Waals surface area contributed by atoms with Gasteiger partial charge in [-0.3, -0.25) is 0 Å². The predicted octanol–water partition coefficient (Wildman–Crippen LogP) is 5.73. The van der Waals surface area contributed by atoms with Crippen molar-refractivity contribution in [2.45, 2.75) is 11.8 Å². The minimum Gasteiger partial charge on any atom is -0.360 e. The molecule has 1 aliphatic heterocycles. The number of hydrogen-bond acceptors (Lipinski definition) is 3. The second-order valence-corrected chi connectivity index (χ2v) is 6.72. The van der Waals surface area contributed by atoms with Crippen LogP contribution in [0.1, 0.15) is 12.5 Å². The van der Waals surface area contributed by atoms with Crippen molar-refractivity contribution >= 4 is 28.0 Å². The fraction of sp³-hybridized carbons (Fsp3) is 0.100. The van der Waals surface area contributed by atoms with E-state index >= 15 is 0 Å². The molecule has 1 aliphatic rings. The highest BCUT2D eigenvalue weighted by Crippen LogP contribution is 2.43. The summed E-state index contributed by atoms with van der Waals surface area (Å²) in [4.78, 5) is 4.55. The smallest absolute Gasteiger partial charge is 0.0493 e. The minimum absolute atomic E-state index is 0.939. The van der Waals surface area contributed by atoms with Gasteiger partial charge in [0.15, 0.2) is 0 Å². The van der Waals surface area contributed by atoms with Gasteiger partial charge in [-0.15, -0.1) is 0 Å². The Kier molecular flexibility index (Phi) is 4.30. The van der Waals surface area contributed by atoms with E-state index in [1.54, 1.807) is 11.8 Å². The molecule has 2 aromatic carbocycles. The molecule has 23 heavy (non-hydrogen) atoms. The van der Waals surface area contributed by atoms with Gasteiger partial charge in [-0.05, 0) is 43.3 Å². The number of nitrogens with one attached hydrogen (secondary N) is 1. The fourth-order valence-electron chi connectivity index (χ4n) is 2.52. The number of nitrogens with zero attached hydrogens (tertiary/aromatic N) is 1. The Balaban J connectivity index is 1.86. The maximum atomic E-state index is 4.15. The summed E-state index contributed by atoms with van der Waals surface area (Å²) in [5.74, 6) is 0. The average Bonchev–Trinajstić information content (AvgIpc) is 2.54. The summed E-state index contributed by atoms with van der Waals surface area (Å²) in [6, 6.07) is 16.8. The van der Waals surface area contributed by atoms with Crippen LogP contribution in [0.15, 0.2) is 84.1 Å². The standard InChI is InChI=1S/C20H20N2S/c1-14(2)21-16-9-11-17(12-10-16)23-20-13-15(3)22(4)19-8-6-5-7-18(19)20/h5-13,21H,1,3H2,2,4H3. The van der Waals surface area contributed by atoms with Crippen molar-refractivity contribution in [1.82, 2.24) is 0 Å². The molecule has 1 heterocycles. The van der Waals surface area contributed by atoms with Gasteiger partial charge in [-0.25, -0.2) is 0 Å². The molecule has 116 valence electrons. The zero-order chi connectivity index (χ0) is 16.4. The van der Waals surface area contributed by atoms with Gasteiger partial charge in [0.2, 0.25) is 0 Å². The van der Waals surface area contributed by atoms with Crippen LogP contribution in [0.25, 0.3) is 4.91 Å². The molecule has 0 saturated heterocycles. The summed E-state index contributed by atoms with van der Waals surface area (Å²) in [5, 5.41) is 3.22. The van der Waals surface area contributed by atoms with Gasteiger partial charge in [-0.2, -0.15) is 0 Å². The third-order valence-corrected chi connectivity index (χ3v) is 4.76. The summed E-state index contributed by atoms with van der Waals surface area (Å²) < 4.78 is 0. The predicted molar refractivity (Wildman–Crippen MR) is 103 cm³/mol. The van der Waals surface area contributed by atoms with Gasteiger partial charge in [0.1, 0.15) is 0 Å². The highest BCUT2D eigenvalue weighted by Gasteiger charge is 2.18.